The third-order valence-corrected chi connectivity index (χ3v) is 2.48. The molecule has 0 aliphatic carbocycles. The van der Waals surface area contributed by atoms with Gasteiger partial charge in [-0.25, -0.2) is 4.98 Å². The predicted molar refractivity (Wildman–Crippen MR) is 64.4 cm³/mol. The number of nitrogens with zero attached hydrogens (tertiary/aromatic N) is 3. The van der Waals surface area contributed by atoms with Crippen LogP contribution in [0.25, 0.3) is 0 Å². The number of hydrogen-bond acceptors (Lipinski definition) is 5. The third kappa shape index (κ3) is 2.69. The summed E-state index contributed by atoms with van der Waals surface area (Å²) in [5.41, 5.74) is 6.68. The van der Waals surface area contributed by atoms with Gasteiger partial charge in [-0.2, -0.15) is 5.10 Å². The van der Waals surface area contributed by atoms with Crippen molar-refractivity contribution in [2.45, 2.75) is 19.5 Å². The molecule has 1 amide bonds. The number of amides is 1. The lowest BCUT2D eigenvalue weighted by atomic mass is 10.2. The maximum absolute atomic E-state index is 12.0. The summed E-state index contributed by atoms with van der Waals surface area (Å²) in [5, 5.41) is 9.25. The summed E-state index contributed by atoms with van der Waals surface area (Å²) in [4.78, 5) is 20.0. The number of rotatable bonds is 4. The molecular weight excluding hydrogens is 232 g/mol. The number of hydrogen-bond donors (Lipinski definition) is 3. The zero-order chi connectivity index (χ0) is 13.0. The molecule has 2 heterocycles. The molecule has 1 atom stereocenters. The Labute approximate surface area is 104 Å². The van der Waals surface area contributed by atoms with E-state index in [9.17, 15) is 4.79 Å². The maximum atomic E-state index is 12.0. The van der Waals surface area contributed by atoms with Crippen molar-refractivity contribution in [2.75, 3.05) is 0 Å². The Morgan fingerprint density at radius 1 is 1.56 bits per heavy atom. The monoisotopic (exact) mass is 246 g/mol. The summed E-state index contributed by atoms with van der Waals surface area (Å²) in [6.45, 7) is 2.13. The van der Waals surface area contributed by atoms with Crippen LogP contribution in [0.3, 0.4) is 0 Å². The van der Waals surface area contributed by atoms with Crippen LogP contribution in [0.2, 0.25) is 0 Å². The zero-order valence-corrected chi connectivity index (χ0v) is 9.92. The highest BCUT2D eigenvalue weighted by Crippen LogP contribution is 2.07. The van der Waals surface area contributed by atoms with Gasteiger partial charge in [0, 0.05) is 18.3 Å². The van der Waals surface area contributed by atoms with Crippen molar-refractivity contribution in [1.82, 2.24) is 25.5 Å². The fraction of sp³-hybridized carbons (Fsp3) is 0.273. The average molecular weight is 246 g/mol. The first-order valence-corrected chi connectivity index (χ1v) is 5.52. The molecule has 0 saturated heterocycles. The van der Waals surface area contributed by atoms with Gasteiger partial charge in [-0.05, 0) is 19.1 Å². The van der Waals surface area contributed by atoms with E-state index in [0.29, 0.717) is 23.6 Å². The van der Waals surface area contributed by atoms with Gasteiger partial charge in [0.2, 0.25) is 0 Å². The number of aromatic nitrogens is 4. The van der Waals surface area contributed by atoms with E-state index in [2.05, 4.69) is 25.5 Å². The molecule has 0 aliphatic heterocycles. The van der Waals surface area contributed by atoms with Crippen molar-refractivity contribution in [1.29, 1.82) is 0 Å². The highest BCUT2D eigenvalue weighted by atomic mass is 16.1. The highest BCUT2D eigenvalue weighted by Gasteiger charge is 2.13. The van der Waals surface area contributed by atoms with Crippen LogP contribution in [0, 0.1) is 0 Å². The minimum Gasteiger partial charge on any atom is -0.342 e. The van der Waals surface area contributed by atoms with Gasteiger partial charge in [0.15, 0.2) is 0 Å². The van der Waals surface area contributed by atoms with E-state index in [1.54, 1.807) is 18.3 Å². The first-order valence-electron chi connectivity index (χ1n) is 5.52. The van der Waals surface area contributed by atoms with Gasteiger partial charge in [-0.3, -0.25) is 14.9 Å². The lowest BCUT2D eigenvalue weighted by molar-refractivity contribution is 0.0938. The van der Waals surface area contributed by atoms with Crippen LogP contribution in [-0.2, 0) is 6.54 Å². The molecule has 0 saturated carbocycles. The van der Waals surface area contributed by atoms with E-state index in [4.69, 9.17) is 5.73 Å². The standard InChI is InChI=1S/C11H14N6O/c1-7(10-14-6-15-17-10)16-11(18)8-2-3-13-9(4-8)5-12/h2-4,6-7H,5,12H2,1H3,(H,16,18)(H,14,15,17). The molecule has 0 radical (unpaired) electrons. The van der Waals surface area contributed by atoms with Gasteiger partial charge < -0.3 is 11.1 Å². The lowest BCUT2D eigenvalue weighted by Gasteiger charge is -2.11. The van der Waals surface area contributed by atoms with Crippen LogP contribution in [-0.4, -0.2) is 26.1 Å². The van der Waals surface area contributed by atoms with Crippen LogP contribution in [0.4, 0.5) is 0 Å². The summed E-state index contributed by atoms with van der Waals surface area (Å²) < 4.78 is 0. The van der Waals surface area contributed by atoms with Crippen LogP contribution in [0.1, 0.15) is 34.8 Å². The topological polar surface area (TPSA) is 110 Å². The Morgan fingerprint density at radius 3 is 3.06 bits per heavy atom. The van der Waals surface area contributed by atoms with E-state index in [1.807, 2.05) is 6.92 Å². The number of carbonyl (C=O) groups is 1. The normalized spacial score (nSPS) is 12.1. The SMILES string of the molecule is CC(NC(=O)c1ccnc(CN)c1)c1ncn[nH]1. The molecule has 0 aromatic carbocycles. The maximum Gasteiger partial charge on any atom is 0.251 e. The van der Waals surface area contributed by atoms with Crippen LogP contribution >= 0.6 is 0 Å². The fourth-order valence-electron chi connectivity index (χ4n) is 1.50. The molecule has 4 N–H and O–H groups in total. The number of H-pyrrole nitrogens is 1. The van der Waals surface area contributed by atoms with Crippen LogP contribution in [0.5, 0.6) is 0 Å². The molecule has 2 rings (SSSR count). The molecule has 0 bridgehead atoms. The molecule has 2 aromatic rings. The fourth-order valence-corrected chi connectivity index (χ4v) is 1.50. The predicted octanol–water partition coefficient (Wildman–Crippen LogP) is 0.149. The second-order valence-electron chi connectivity index (χ2n) is 3.81. The van der Waals surface area contributed by atoms with Gasteiger partial charge in [-0.1, -0.05) is 0 Å². The summed E-state index contributed by atoms with van der Waals surface area (Å²) in [6.07, 6.45) is 2.97. The number of nitrogens with two attached hydrogens (primary N) is 1. The molecular formula is C11H14N6O. The second-order valence-corrected chi connectivity index (χ2v) is 3.81. The molecule has 0 fully saturated rings. The van der Waals surface area contributed by atoms with Crippen molar-refractivity contribution in [3.05, 3.63) is 41.7 Å². The molecule has 2 aromatic heterocycles. The van der Waals surface area contributed by atoms with Crippen molar-refractivity contribution in [3.63, 3.8) is 0 Å². The minimum absolute atomic E-state index is 0.198. The van der Waals surface area contributed by atoms with Gasteiger partial charge in [0.1, 0.15) is 12.2 Å². The summed E-state index contributed by atoms with van der Waals surface area (Å²) in [5.74, 6) is 0.410. The molecule has 18 heavy (non-hydrogen) atoms. The Kier molecular flexibility index (Phi) is 3.63. The molecule has 7 nitrogen and oxygen atoms in total. The number of aromatic amines is 1. The summed E-state index contributed by atoms with van der Waals surface area (Å²) in [6, 6.07) is 3.07. The van der Waals surface area contributed by atoms with Gasteiger partial charge in [-0.15, -0.1) is 0 Å². The molecule has 0 spiro atoms. The highest BCUT2D eigenvalue weighted by molar-refractivity contribution is 5.94. The molecule has 7 heteroatoms. The quantitative estimate of drug-likeness (QED) is 0.711. The van der Waals surface area contributed by atoms with Crippen molar-refractivity contribution in [3.8, 4) is 0 Å². The van der Waals surface area contributed by atoms with E-state index in [0.717, 1.165) is 0 Å². The van der Waals surface area contributed by atoms with E-state index >= 15 is 0 Å². The number of pyridine rings is 1. The third-order valence-electron chi connectivity index (χ3n) is 2.48. The first kappa shape index (κ1) is 12.2. The van der Waals surface area contributed by atoms with Crippen molar-refractivity contribution >= 4 is 5.91 Å². The van der Waals surface area contributed by atoms with E-state index in [1.165, 1.54) is 6.33 Å². The van der Waals surface area contributed by atoms with Crippen molar-refractivity contribution < 1.29 is 4.79 Å². The largest absolute Gasteiger partial charge is 0.342 e. The average Bonchev–Trinajstić information content (AvgIpc) is 2.92. The summed E-state index contributed by atoms with van der Waals surface area (Å²) >= 11 is 0. The van der Waals surface area contributed by atoms with Gasteiger partial charge >= 0.3 is 0 Å². The zero-order valence-electron chi connectivity index (χ0n) is 9.92. The van der Waals surface area contributed by atoms with Crippen LogP contribution < -0.4 is 11.1 Å². The van der Waals surface area contributed by atoms with Gasteiger partial charge in [0.25, 0.3) is 5.91 Å². The Hall–Kier alpha value is -2.28. The van der Waals surface area contributed by atoms with Crippen LogP contribution in [0.15, 0.2) is 24.7 Å². The molecule has 0 aliphatic rings. The first-order chi connectivity index (χ1) is 8.70. The Bertz CT molecular complexity index is 524. The lowest BCUT2D eigenvalue weighted by Crippen LogP contribution is -2.27. The van der Waals surface area contributed by atoms with E-state index < -0.39 is 0 Å². The minimum atomic E-state index is -0.241. The summed E-state index contributed by atoms with van der Waals surface area (Å²) in [7, 11) is 0. The smallest absolute Gasteiger partial charge is 0.251 e. The van der Waals surface area contributed by atoms with Crippen molar-refractivity contribution in [2.24, 2.45) is 5.73 Å². The van der Waals surface area contributed by atoms with E-state index in [-0.39, 0.29) is 11.9 Å². The molecule has 1 unspecified atom stereocenters. The Balaban J connectivity index is 2.07. The number of nitrogens with one attached hydrogen (secondary N) is 2. The Morgan fingerprint density at radius 2 is 2.39 bits per heavy atom. The second kappa shape index (κ2) is 5.37. The number of carbonyl (C=O) groups excluding carboxylic acids is 1. The molecule has 94 valence electrons. The van der Waals surface area contributed by atoms with Gasteiger partial charge in [0.05, 0.1) is 11.7 Å².